The van der Waals surface area contributed by atoms with E-state index >= 15 is 0 Å². The molecule has 0 spiro atoms. The molecule has 5 rings (SSSR count). The topological polar surface area (TPSA) is 95.3 Å². The molecule has 1 fully saturated rings. The van der Waals surface area contributed by atoms with Gasteiger partial charge in [-0.25, -0.2) is 0 Å². The SMILES string of the molecule is COc1cc(ON2CCOCC2)ccc1-c1ccc2c(c1COc1cc([N+](=O)[O-])ccc1C)C(C)=CC(C)(C)N2. The number of morpholine rings is 1. The number of aryl methyl sites for hydroxylation is 1. The monoisotopic (exact) mass is 545 g/mol. The van der Waals surface area contributed by atoms with Gasteiger partial charge in [-0.1, -0.05) is 12.1 Å². The number of methoxy groups -OCH3 is 1. The van der Waals surface area contributed by atoms with Crippen LogP contribution in [0.25, 0.3) is 16.7 Å². The fourth-order valence-corrected chi connectivity index (χ4v) is 5.35. The number of fused-ring (bicyclic) bond motifs is 1. The van der Waals surface area contributed by atoms with Crippen molar-refractivity contribution in [3.05, 3.63) is 81.4 Å². The predicted molar refractivity (Wildman–Crippen MR) is 155 cm³/mol. The number of nitro groups is 1. The third-order valence-electron chi connectivity index (χ3n) is 7.16. The summed E-state index contributed by atoms with van der Waals surface area (Å²) < 4.78 is 17.6. The molecular formula is C31H35N3O6. The van der Waals surface area contributed by atoms with Gasteiger partial charge < -0.3 is 24.4 Å². The maximum atomic E-state index is 11.4. The Kier molecular flexibility index (Phi) is 7.69. The number of hydroxylamine groups is 2. The molecule has 0 aliphatic carbocycles. The Balaban J connectivity index is 1.56. The van der Waals surface area contributed by atoms with Crippen molar-refractivity contribution in [2.75, 3.05) is 38.7 Å². The molecule has 0 unspecified atom stereocenters. The number of anilines is 1. The Labute approximate surface area is 234 Å². The van der Waals surface area contributed by atoms with Gasteiger partial charge in [-0.05, 0) is 68.7 Å². The van der Waals surface area contributed by atoms with Crippen molar-refractivity contribution in [2.24, 2.45) is 0 Å². The highest BCUT2D eigenvalue weighted by Crippen LogP contribution is 2.43. The van der Waals surface area contributed by atoms with E-state index in [1.165, 1.54) is 12.1 Å². The lowest BCUT2D eigenvalue weighted by Crippen LogP contribution is -2.38. The van der Waals surface area contributed by atoms with Crippen molar-refractivity contribution in [1.29, 1.82) is 0 Å². The van der Waals surface area contributed by atoms with Crippen LogP contribution in [0.1, 0.15) is 37.5 Å². The third-order valence-corrected chi connectivity index (χ3v) is 7.16. The summed E-state index contributed by atoms with van der Waals surface area (Å²) in [6.45, 7) is 11.1. The number of non-ortho nitro benzene ring substituents is 1. The minimum Gasteiger partial charge on any atom is -0.496 e. The maximum absolute atomic E-state index is 11.4. The number of nitro benzene ring substituents is 1. The summed E-state index contributed by atoms with van der Waals surface area (Å²) in [5, 5.41) is 16.9. The molecule has 0 atom stereocenters. The van der Waals surface area contributed by atoms with Gasteiger partial charge in [-0.2, -0.15) is 0 Å². The summed E-state index contributed by atoms with van der Waals surface area (Å²) in [6, 6.07) is 14.7. The Morgan fingerprint density at radius 2 is 1.77 bits per heavy atom. The molecule has 0 bridgehead atoms. The molecule has 9 nitrogen and oxygen atoms in total. The molecule has 0 radical (unpaired) electrons. The lowest BCUT2D eigenvalue weighted by Gasteiger charge is -2.33. The van der Waals surface area contributed by atoms with Crippen LogP contribution < -0.4 is 19.6 Å². The van der Waals surface area contributed by atoms with Crippen LogP contribution >= 0.6 is 0 Å². The number of hydrogen-bond acceptors (Lipinski definition) is 8. The van der Waals surface area contributed by atoms with Gasteiger partial charge in [0, 0.05) is 34.5 Å². The number of benzene rings is 3. The highest BCUT2D eigenvalue weighted by Gasteiger charge is 2.27. The van der Waals surface area contributed by atoms with Crippen LogP contribution in [0.2, 0.25) is 0 Å². The van der Waals surface area contributed by atoms with Crippen molar-refractivity contribution < 1.29 is 24.0 Å². The Morgan fingerprint density at radius 3 is 2.50 bits per heavy atom. The zero-order valence-corrected chi connectivity index (χ0v) is 23.6. The molecule has 0 amide bonds. The summed E-state index contributed by atoms with van der Waals surface area (Å²) >= 11 is 0. The van der Waals surface area contributed by atoms with E-state index in [9.17, 15) is 10.1 Å². The first kappa shape index (κ1) is 27.5. The normalized spacial score (nSPS) is 16.4. The number of rotatable bonds is 8. The van der Waals surface area contributed by atoms with E-state index in [0.29, 0.717) is 43.6 Å². The van der Waals surface area contributed by atoms with Crippen LogP contribution in [0, 0.1) is 17.0 Å². The fraction of sp³-hybridized carbons (Fsp3) is 0.355. The van der Waals surface area contributed by atoms with Crippen LogP contribution in [-0.4, -0.2) is 48.9 Å². The van der Waals surface area contributed by atoms with Gasteiger partial charge in [-0.15, -0.1) is 5.06 Å². The predicted octanol–water partition coefficient (Wildman–Crippen LogP) is 6.39. The van der Waals surface area contributed by atoms with Crippen LogP contribution in [-0.2, 0) is 11.3 Å². The van der Waals surface area contributed by atoms with Gasteiger partial charge in [0.2, 0.25) is 0 Å². The van der Waals surface area contributed by atoms with Crippen LogP contribution in [0.5, 0.6) is 17.2 Å². The first-order valence-electron chi connectivity index (χ1n) is 13.4. The van der Waals surface area contributed by atoms with Crippen molar-refractivity contribution in [2.45, 2.75) is 39.8 Å². The van der Waals surface area contributed by atoms with Gasteiger partial charge in [0.05, 0.1) is 49.9 Å². The number of nitrogens with one attached hydrogen (secondary N) is 1. The first-order valence-corrected chi connectivity index (χ1v) is 13.4. The van der Waals surface area contributed by atoms with Crippen molar-refractivity contribution >= 4 is 16.9 Å². The standard InChI is InChI=1S/C31H35N3O6/c1-20-6-7-22(34(35)36)16-28(20)39-19-26-24(10-11-27-30(26)21(2)18-31(3,4)32-27)25-9-8-23(17-29(25)37-5)40-33-12-14-38-15-13-33/h6-11,16-18,32H,12-15,19H2,1-5H3. The summed E-state index contributed by atoms with van der Waals surface area (Å²) in [5.74, 6) is 1.83. The molecule has 2 aliphatic rings. The molecule has 2 aliphatic heterocycles. The van der Waals surface area contributed by atoms with Gasteiger partial charge in [0.15, 0.2) is 5.75 Å². The molecule has 2 heterocycles. The van der Waals surface area contributed by atoms with Gasteiger partial charge in [0.25, 0.3) is 5.69 Å². The summed E-state index contributed by atoms with van der Waals surface area (Å²) in [5.41, 5.74) is 6.60. The van der Waals surface area contributed by atoms with E-state index in [4.69, 9.17) is 19.0 Å². The van der Waals surface area contributed by atoms with E-state index in [0.717, 1.165) is 39.1 Å². The van der Waals surface area contributed by atoms with E-state index in [2.05, 4.69) is 44.3 Å². The molecular weight excluding hydrogens is 510 g/mol. The highest BCUT2D eigenvalue weighted by molar-refractivity contribution is 5.88. The van der Waals surface area contributed by atoms with E-state index in [1.807, 2.05) is 30.2 Å². The Hall–Kier alpha value is -4.08. The molecule has 40 heavy (non-hydrogen) atoms. The number of ether oxygens (including phenoxy) is 3. The molecule has 9 heteroatoms. The third kappa shape index (κ3) is 5.76. The minimum absolute atomic E-state index is 0.00654. The zero-order chi connectivity index (χ0) is 28.4. The molecule has 0 saturated carbocycles. The second-order valence-electron chi connectivity index (χ2n) is 10.7. The van der Waals surface area contributed by atoms with Gasteiger partial charge in [0.1, 0.15) is 18.1 Å². The maximum Gasteiger partial charge on any atom is 0.273 e. The largest absolute Gasteiger partial charge is 0.496 e. The van der Waals surface area contributed by atoms with Crippen molar-refractivity contribution in [1.82, 2.24) is 5.06 Å². The van der Waals surface area contributed by atoms with Crippen molar-refractivity contribution in [3.8, 4) is 28.4 Å². The van der Waals surface area contributed by atoms with Crippen molar-refractivity contribution in [3.63, 3.8) is 0 Å². The number of allylic oxidation sites excluding steroid dienone is 1. The molecule has 3 aromatic rings. The second-order valence-corrected chi connectivity index (χ2v) is 10.7. The molecule has 1 saturated heterocycles. The summed E-state index contributed by atoms with van der Waals surface area (Å²) in [4.78, 5) is 17.1. The Bertz CT molecular complexity index is 1460. The van der Waals surface area contributed by atoms with E-state index in [1.54, 1.807) is 13.2 Å². The summed E-state index contributed by atoms with van der Waals surface area (Å²) in [6.07, 6.45) is 2.21. The first-order chi connectivity index (χ1) is 19.1. The highest BCUT2D eigenvalue weighted by atomic mass is 16.7. The quantitative estimate of drug-likeness (QED) is 0.257. The minimum atomic E-state index is -0.410. The average molecular weight is 546 g/mol. The average Bonchev–Trinajstić information content (AvgIpc) is 2.92. The smallest absolute Gasteiger partial charge is 0.273 e. The number of nitrogens with zero attached hydrogens (tertiary/aromatic N) is 2. The fourth-order valence-electron chi connectivity index (χ4n) is 5.35. The van der Waals surface area contributed by atoms with Crippen LogP contribution in [0.4, 0.5) is 11.4 Å². The Morgan fingerprint density at radius 1 is 1.02 bits per heavy atom. The molecule has 3 aromatic carbocycles. The molecule has 210 valence electrons. The second kappa shape index (κ2) is 11.2. The number of hydrogen-bond donors (Lipinski definition) is 1. The van der Waals surface area contributed by atoms with Crippen LogP contribution in [0.3, 0.4) is 0 Å². The molecule has 0 aromatic heterocycles. The van der Waals surface area contributed by atoms with Crippen LogP contribution in [0.15, 0.2) is 54.6 Å². The lowest BCUT2D eigenvalue weighted by molar-refractivity contribution is -0.385. The van der Waals surface area contributed by atoms with E-state index < -0.39 is 4.92 Å². The molecule has 1 N–H and O–H groups in total. The van der Waals surface area contributed by atoms with Gasteiger partial charge >= 0.3 is 0 Å². The lowest BCUT2D eigenvalue weighted by atomic mass is 9.85. The summed E-state index contributed by atoms with van der Waals surface area (Å²) in [7, 11) is 1.65. The zero-order valence-electron chi connectivity index (χ0n) is 23.6. The van der Waals surface area contributed by atoms with E-state index in [-0.39, 0.29) is 17.8 Å². The van der Waals surface area contributed by atoms with Gasteiger partial charge in [-0.3, -0.25) is 10.1 Å².